The molecule has 6 rings (SSSR count). The standard InChI is InChI=1S/C19H22F2.C17H17N3O4.C2H2/c1-3-5-8-14-9-6-7-10-15(14)13-16-11-12-18(20)19(21)17(16)4-2;21-13-6-7-20-15(16(13)24-10-12-4-2-1-3-5-12)17(22)19-8-9-23-11-14(19)18-20;1-2/h6-7,9-12H,3-5,8,13H2,1-2H3;1-7,14,18H,8-11H2;1-2H/t;14-;/m.0./s1. The van der Waals surface area contributed by atoms with Crippen molar-refractivity contribution < 1.29 is 23.0 Å². The summed E-state index contributed by atoms with van der Waals surface area (Å²) in [6.45, 7) is 5.65. The number of carbonyl (C=O) groups is 1. The van der Waals surface area contributed by atoms with Gasteiger partial charge < -0.3 is 19.8 Å². The average molecular weight is 642 g/mol. The number of hydrogen-bond acceptors (Lipinski definition) is 5. The number of morpholine rings is 1. The molecule has 3 aromatic carbocycles. The minimum absolute atomic E-state index is 0.0730. The first-order chi connectivity index (χ1) is 22.9. The summed E-state index contributed by atoms with van der Waals surface area (Å²) in [4.78, 5) is 26.8. The SMILES string of the molecule is C#C.CCCCc1ccccc1Cc1ccc(F)c(F)c1CC.O=C1c2c(OCc3ccccc3)c(=O)ccn2N[C@@H]2COCCN12. The van der Waals surface area contributed by atoms with Crippen LogP contribution >= 0.6 is 0 Å². The van der Waals surface area contributed by atoms with E-state index < -0.39 is 11.6 Å². The number of ether oxygens (including phenoxy) is 2. The first kappa shape index (κ1) is 34.9. The Hall–Kier alpha value is -4.94. The van der Waals surface area contributed by atoms with E-state index in [-0.39, 0.29) is 35.6 Å². The molecule has 1 fully saturated rings. The quantitative estimate of drug-likeness (QED) is 0.212. The second-order valence-electron chi connectivity index (χ2n) is 11.1. The van der Waals surface area contributed by atoms with Gasteiger partial charge in [0.1, 0.15) is 12.8 Å². The van der Waals surface area contributed by atoms with Crippen molar-refractivity contribution in [2.75, 3.05) is 25.2 Å². The van der Waals surface area contributed by atoms with Crippen LogP contribution < -0.4 is 15.6 Å². The van der Waals surface area contributed by atoms with Crippen molar-refractivity contribution in [2.45, 2.75) is 58.7 Å². The van der Waals surface area contributed by atoms with Gasteiger partial charge in [0.2, 0.25) is 5.43 Å². The van der Waals surface area contributed by atoms with Crippen LogP contribution in [0, 0.1) is 24.5 Å². The number of aromatic nitrogens is 1. The fraction of sp³-hybridized carbons (Fsp3) is 0.316. The van der Waals surface area contributed by atoms with Crippen LogP contribution in [0.3, 0.4) is 0 Å². The van der Waals surface area contributed by atoms with Crippen molar-refractivity contribution in [1.29, 1.82) is 0 Å². The summed E-state index contributed by atoms with van der Waals surface area (Å²) in [5.74, 6) is -1.59. The zero-order chi connectivity index (χ0) is 33.8. The van der Waals surface area contributed by atoms with Gasteiger partial charge in [-0.1, -0.05) is 80.9 Å². The van der Waals surface area contributed by atoms with Gasteiger partial charge in [0.25, 0.3) is 5.91 Å². The number of unbranched alkanes of at least 4 members (excludes halogenated alkanes) is 1. The van der Waals surface area contributed by atoms with Crippen LogP contribution in [0.1, 0.15) is 65.0 Å². The lowest BCUT2D eigenvalue weighted by atomic mass is 9.93. The molecule has 1 N–H and O–H groups in total. The first-order valence-electron chi connectivity index (χ1n) is 15.8. The van der Waals surface area contributed by atoms with Gasteiger partial charge in [0, 0.05) is 18.8 Å². The molecule has 0 spiro atoms. The Morgan fingerprint density at radius 1 is 0.936 bits per heavy atom. The highest BCUT2D eigenvalue weighted by molar-refractivity contribution is 5.96. The fourth-order valence-electron chi connectivity index (χ4n) is 5.67. The van der Waals surface area contributed by atoms with E-state index in [1.807, 2.05) is 49.4 Å². The van der Waals surface area contributed by atoms with Gasteiger partial charge in [-0.15, -0.1) is 12.8 Å². The highest BCUT2D eigenvalue weighted by Crippen LogP contribution is 2.24. The third-order valence-corrected chi connectivity index (χ3v) is 8.11. The molecule has 0 aliphatic carbocycles. The van der Waals surface area contributed by atoms with Crippen LogP contribution in [0.4, 0.5) is 8.78 Å². The predicted octanol–water partition coefficient (Wildman–Crippen LogP) is 6.49. The van der Waals surface area contributed by atoms with E-state index in [0.29, 0.717) is 38.2 Å². The summed E-state index contributed by atoms with van der Waals surface area (Å²) in [6.07, 6.45) is 13.8. The Morgan fingerprint density at radius 2 is 1.66 bits per heavy atom. The van der Waals surface area contributed by atoms with Crippen LogP contribution in [0.15, 0.2) is 83.8 Å². The largest absolute Gasteiger partial charge is 0.482 e. The Kier molecular flexibility index (Phi) is 12.7. The van der Waals surface area contributed by atoms with Gasteiger partial charge in [0.15, 0.2) is 23.1 Å². The Bertz CT molecular complexity index is 1720. The summed E-state index contributed by atoms with van der Waals surface area (Å²) in [6, 6.07) is 22.1. The van der Waals surface area contributed by atoms with Crippen LogP contribution in [-0.2, 0) is 30.6 Å². The number of amides is 1. The average Bonchev–Trinajstić information content (AvgIpc) is 3.11. The van der Waals surface area contributed by atoms with Crippen molar-refractivity contribution in [3.8, 4) is 18.6 Å². The van der Waals surface area contributed by atoms with E-state index in [1.54, 1.807) is 21.8 Å². The Labute approximate surface area is 275 Å². The molecule has 0 unspecified atom stereocenters. The predicted molar refractivity (Wildman–Crippen MR) is 180 cm³/mol. The van der Waals surface area contributed by atoms with Gasteiger partial charge in [-0.05, 0) is 59.6 Å². The number of carbonyl (C=O) groups excluding carboxylic acids is 1. The highest BCUT2D eigenvalue weighted by Gasteiger charge is 2.36. The van der Waals surface area contributed by atoms with Crippen LogP contribution in [0.5, 0.6) is 5.75 Å². The lowest BCUT2D eigenvalue weighted by Crippen LogP contribution is -2.59. The molecule has 9 heteroatoms. The number of nitrogens with zero attached hydrogens (tertiary/aromatic N) is 2. The number of benzene rings is 3. The molecule has 3 heterocycles. The third kappa shape index (κ3) is 8.46. The Morgan fingerprint density at radius 3 is 2.38 bits per heavy atom. The number of fused-ring (bicyclic) bond motifs is 2. The minimum Gasteiger partial charge on any atom is -0.482 e. The number of hydrogen-bond donors (Lipinski definition) is 1. The van der Waals surface area contributed by atoms with Crippen LogP contribution in [-0.4, -0.2) is 41.4 Å². The molecular formula is C38H41F2N3O4. The molecule has 0 saturated carbocycles. The van der Waals surface area contributed by atoms with E-state index in [2.05, 4.69) is 37.3 Å². The number of aryl methyl sites for hydroxylation is 1. The maximum atomic E-state index is 13.9. The summed E-state index contributed by atoms with van der Waals surface area (Å²) in [5, 5.41) is 0. The van der Waals surface area contributed by atoms with Gasteiger partial charge >= 0.3 is 0 Å². The lowest BCUT2D eigenvalue weighted by Gasteiger charge is -2.41. The number of nitrogens with one attached hydrogen (secondary N) is 1. The second kappa shape index (κ2) is 17.1. The smallest absolute Gasteiger partial charge is 0.278 e. The molecule has 7 nitrogen and oxygen atoms in total. The second-order valence-corrected chi connectivity index (χ2v) is 11.1. The van der Waals surface area contributed by atoms with Crippen molar-refractivity contribution in [3.05, 3.63) is 134 Å². The topological polar surface area (TPSA) is 72.8 Å². The summed E-state index contributed by atoms with van der Waals surface area (Å²) in [7, 11) is 0. The zero-order valence-corrected chi connectivity index (χ0v) is 26.9. The molecule has 1 saturated heterocycles. The number of rotatable bonds is 9. The van der Waals surface area contributed by atoms with E-state index in [1.165, 1.54) is 23.3 Å². The van der Waals surface area contributed by atoms with Crippen LogP contribution in [0.2, 0.25) is 0 Å². The molecule has 0 radical (unpaired) electrons. The first-order valence-corrected chi connectivity index (χ1v) is 15.8. The van der Waals surface area contributed by atoms with Gasteiger partial charge in [-0.2, -0.15) is 0 Å². The van der Waals surface area contributed by atoms with Crippen molar-refractivity contribution in [1.82, 2.24) is 9.58 Å². The van der Waals surface area contributed by atoms with Gasteiger partial charge in [-0.3, -0.25) is 14.3 Å². The monoisotopic (exact) mass is 641 g/mol. The lowest BCUT2D eigenvalue weighted by molar-refractivity contribution is -0.00327. The number of pyridine rings is 1. The fourth-order valence-corrected chi connectivity index (χ4v) is 5.67. The molecule has 246 valence electrons. The minimum atomic E-state index is -0.755. The molecule has 0 bridgehead atoms. The van der Waals surface area contributed by atoms with Crippen molar-refractivity contribution >= 4 is 5.91 Å². The molecule has 4 aromatic rings. The summed E-state index contributed by atoms with van der Waals surface area (Å²) in [5.41, 5.74) is 7.95. The molecule has 1 aromatic heterocycles. The highest BCUT2D eigenvalue weighted by atomic mass is 19.2. The third-order valence-electron chi connectivity index (χ3n) is 8.11. The van der Waals surface area contributed by atoms with Gasteiger partial charge in [-0.25, -0.2) is 8.78 Å². The van der Waals surface area contributed by atoms with Crippen molar-refractivity contribution in [3.63, 3.8) is 0 Å². The molecule has 2 aliphatic heterocycles. The number of halogens is 2. The zero-order valence-electron chi connectivity index (χ0n) is 26.9. The molecular weight excluding hydrogens is 600 g/mol. The van der Waals surface area contributed by atoms with E-state index >= 15 is 0 Å². The Balaban J connectivity index is 0.000000204. The molecule has 1 atom stereocenters. The van der Waals surface area contributed by atoms with Gasteiger partial charge in [0.05, 0.1) is 13.2 Å². The van der Waals surface area contributed by atoms with E-state index in [0.717, 1.165) is 30.4 Å². The molecule has 1 amide bonds. The van der Waals surface area contributed by atoms with Crippen molar-refractivity contribution in [2.24, 2.45) is 0 Å². The maximum absolute atomic E-state index is 13.9. The summed E-state index contributed by atoms with van der Waals surface area (Å²) >= 11 is 0. The van der Waals surface area contributed by atoms with E-state index in [4.69, 9.17) is 9.47 Å². The molecule has 2 aliphatic rings. The van der Waals surface area contributed by atoms with E-state index in [9.17, 15) is 18.4 Å². The number of terminal acetylenes is 1. The maximum Gasteiger partial charge on any atom is 0.278 e. The molecule has 47 heavy (non-hydrogen) atoms. The van der Waals surface area contributed by atoms with Crippen LogP contribution in [0.25, 0.3) is 0 Å². The normalized spacial score (nSPS) is 14.7. The summed E-state index contributed by atoms with van der Waals surface area (Å²) < 4.78 is 39.9.